The van der Waals surface area contributed by atoms with Gasteiger partial charge < -0.3 is 14.9 Å². The van der Waals surface area contributed by atoms with Gasteiger partial charge in [0, 0.05) is 19.2 Å². The summed E-state index contributed by atoms with van der Waals surface area (Å²) in [6.07, 6.45) is 1.71. The average Bonchev–Trinajstić information content (AvgIpc) is 2.98. The van der Waals surface area contributed by atoms with Crippen molar-refractivity contribution in [3.8, 4) is 11.3 Å². The molecule has 0 aliphatic rings. The van der Waals surface area contributed by atoms with Crippen molar-refractivity contribution in [2.24, 2.45) is 7.05 Å². The van der Waals surface area contributed by atoms with Crippen LogP contribution in [0.15, 0.2) is 24.5 Å². The number of nitrogens with one attached hydrogen (secondary N) is 2. The molecule has 0 amide bonds. The van der Waals surface area contributed by atoms with Gasteiger partial charge >= 0.3 is 0 Å². The van der Waals surface area contributed by atoms with Crippen LogP contribution in [-0.2, 0) is 13.6 Å². The molecule has 19 heavy (non-hydrogen) atoms. The minimum absolute atomic E-state index is 0.799. The van der Waals surface area contributed by atoms with Crippen molar-refractivity contribution < 1.29 is 0 Å². The van der Waals surface area contributed by atoms with Crippen molar-refractivity contribution in [1.82, 2.24) is 24.8 Å². The highest BCUT2D eigenvalue weighted by Gasteiger charge is 2.14. The third-order valence-corrected chi connectivity index (χ3v) is 3.48. The molecule has 0 aliphatic heterocycles. The largest absolute Gasteiger partial charge is 0.345 e. The average molecular weight is 255 g/mol. The maximum atomic E-state index is 4.68. The van der Waals surface area contributed by atoms with Crippen molar-refractivity contribution >= 4 is 11.0 Å². The fourth-order valence-electron chi connectivity index (χ4n) is 2.34. The van der Waals surface area contributed by atoms with Crippen molar-refractivity contribution in [3.63, 3.8) is 0 Å². The number of aromatic nitrogens is 4. The van der Waals surface area contributed by atoms with Gasteiger partial charge in [0.15, 0.2) is 0 Å². The van der Waals surface area contributed by atoms with Gasteiger partial charge in [-0.2, -0.15) is 0 Å². The summed E-state index contributed by atoms with van der Waals surface area (Å²) in [5, 5.41) is 3.20. The summed E-state index contributed by atoms with van der Waals surface area (Å²) in [6.45, 7) is 2.82. The molecule has 3 rings (SSSR count). The van der Waals surface area contributed by atoms with E-state index < -0.39 is 0 Å². The number of hydrogen-bond donors (Lipinski definition) is 2. The van der Waals surface area contributed by atoms with Crippen LogP contribution in [-0.4, -0.2) is 26.6 Å². The zero-order valence-electron chi connectivity index (χ0n) is 11.4. The highest BCUT2D eigenvalue weighted by Crippen LogP contribution is 2.25. The molecule has 0 aliphatic carbocycles. The quantitative estimate of drug-likeness (QED) is 0.752. The van der Waals surface area contributed by atoms with Gasteiger partial charge in [0.1, 0.15) is 5.82 Å². The molecule has 0 saturated carbocycles. The standard InChI is InChI=1S/C14H17N5/c1-9-18-14(13(7-15-2)19(9)3)10-4-5-11-12(6-10)17-8-16-11/h4-6,8,15H,7H2,1-3H3,(H,16,17). The Morgan fingerprint density at radius 2 is 2.21 bits per heavy atom. The number of aromatic amines is 1. The zero-order valence-corrected chi connectivity index (χ0v) is 11.4. The van der Waals surface area contributed by atoms with Gasteiger partial charge in [0.05, 0.1) is 28.7 Å². The van der Waals surface area contributed by atoms with Crippen LogP contribution in [0.2, 0.25) is 0 Å². The highest BCUT2D eigenvalue weighted by molar-refractivity contribution is 5.81. The molecule has 0 saturated heterocycles. The van der Waals surface area contributed by atoms with Gasteiger partial charge in [-0.25, -0.2) is 9.97 Å². The first-order valence-electron chi connectivity index (χ1n) is 6.31. The third kappa shape index (κ3) is 1.92. The smallest absolute Gasteiger partial charge is 0.106 e. The number of aryl methyl sites for hydroxylation is 1. The second-order valence-electron chi connectivity index (χ2n) is 4.68. The molecule has 0 radical (unpaired) electrons. The van der Waals surface area contributed by atoms with E-state index in [9.17, 15) is 0 Å². The number of hydrogen-bond acceptors (Lipinski definition) is 3. The molecule has 0 spiro atoms. The Morgan fingerprint density at radius 1 is 1.37 bits per heavy atom. The van der Waals surface area contributed by atoms with E-state index in [1.807, 2.05) is 27.1 Å². The van der Waals surface area contributed by atoms with Crippen LogP contribution < -0.4 is 5.32 Å². The summed E-state index contributed by atoms with van der Waals surface area (Å²) in [5.41, 5.74) is 5.36. The number of rotatable bonds is 3. The Kier molecular flexibility index (Phi) is 2.83. The fraction of sp³-hybridized carbons (Fsp3) is 0.286. The molecule has 1 aromatic carbocycles. The summed E-state index contributed by atoms with van der Waals surface area (Å²) in [6, 6.07) is 6.20. The molecular weight excluding hydrogens is 238 g/mol. The predicted molar refractivity (Wildman–Crippen MR) is 75.8 cm³/mol. The van der Waals surface area contributed by atoms with E-state index >= 15 is 0 Å². The lowest BCUT2D eigenvalue weighted by molar-refractivity contribution is 0.722. The fourth-order valence-corrected chi connectivity index (χ4v) is 2.34. The second-order valence-corrected chi connectivity index (χ2v) is 4.68. The van der Waals surface area contributed by atoms with Crippen LogP contribution in [0, 0.1) is 6.92 Å². The van der Waals surface area contributed by atoms with Gasteiger partial charge in [0.2, 0.25) is 0 Å². The minimum atomic E-state index is 0.799. The monoisotopic (exact) mass is 255 g/mol. The summed E-state index contributed by atoms with van der Waals surface area (Å²) >= 11 is 0. The molecule has 3 aromatic rings. The van der Waals surface area contributed by atoms with Crippen molar-refractivity contribution in [1.29, 1.82) is 0 Å². The molecule has 2 aromatic heterocycles. The number of H-pyrrole nitrogens is 1. The lowest BCUT2D eigenvalue weighted by Crippen LogP contribution is -2.10. The van der Waals surface area contributed by atoms with Crippen LogP contribution in [0.3, 0.4) is 0 Å². The van der Waals surface area contributed by atoms with Crippen LogP contribution in [0.1, 0.15) is 11.5 Å². The summed E-state index contributed by atoms with van der Waals surface area (Å²) in [5.74, 6) is 1.02. The lowest BCUT2D eigenvalue weighted by Gasteiger charge is -2.06. The first-order valence-corrected chi connectivity index (χ1v) is 6.31. The van der Waals surface area contributed by atoms with Gasteiger partial charge in [-0.1, -0.05) is 6.07 Å². The zero-order chi connectivity index (χ0) is 13.4. The predicted octanol–water partition coefficient (Wildman–Crippen LogP) is 1.99. The summed E-state index contributed by atoms with van der Waals surface area (Å²) in [4.78, 5) is 12.1. The Morgan fingerprint density at radius 3 is 3.00 bits per heavy atom. The maximum absolute atomic E-state index is 4.68. The van der Waals surface area contributed by atoms with Crippen LogP contribution in [0.5, 0.6) is 0 Å². The Hall–Kier alpha value is -2.14. The van der Waals surface area contributed by atoms with Gasteiger partial charge in [-0.05, 0) is 26.1 Å². The van der Waals surface area contributed by atoms with E-state index in [2.05, 4.69) is 37.0 Å². The van der Waals surface area contributed by atoms with E-state index in [-0.39, 0.29) is 0 Å². The van der Waals surface area contributed by atoms with E-state index in [1.165, 1.54) is 5.69 Å². The topological polar surface area (TPSA) is 58.5 Å². The normalized spacial score (nSPS) is 11.3. The van der Waals surface area contributed by atoms with Crippen LogP contribution >= 0.6 is 0 Å². The van der Waals surface area contributed by atoms with Crippen LogP contribution in [0.25, 0.3) is 22.3 Å². The molecule has 0 unspecified atom stereocenters. The van der Waals surface area contributed by atoms with Gasteiger partial charge in [0.25, 0.3) is 0 Å². The van der Waals surface area contributed by atoms with Gasteiger partial charge in [-0.3, -0.25) is 0 Å². The van der Waals surface area contributed by atoms with Crippen molar-refractivity contribution in [3.05, 3.63) is 36.0 Å². The molecule has 2 N–H and O–H groups in total. The molecule has 5 heteroatoms. The summed E-state index contributed by atoms with van der Waals surface area (Å²) in [7, 11) is 4.00. The second kappa shape index (κ2) is 4.51. The number of benzene rings is 1. The van der Waals surface area contributed by atoms with E-state index in [0.29, 0.717) is 0 Å². The Balaban J connectivity index is 2.17. The van der Waals surface area contributed by atoms with Gasteiger partial charge in [-0.15, -0.1) is 0 Å². The number of fused-ring (bicyclic) bond motifs is 1. The minimum Gasteiger partial charge on any atom is -0.345 e. The Bertz CT molecular complexity index is 723. The van der Waals surface area contributed by atoms with E-state index in [0.717, 1.165) is 34.7 Å². The van der Waals surface area contributed by atoms with Crippen molar-refractivity contribution in [2.45, 2.75) is 13.5 Å². The molecule has 5 nitrogen and oxygen atoms in total. The molecule has 0 atom stereocenters. The van der Waals surface area contributed by atoms with E-state index in [1.54, 1.807) is 6.33 Å². The molecule has 0 bridgehead atoms. The molecule has 2 heterocycles. The first kappa shape index (κ1) is 11.9. The lowest BCUT2D eigenvalue weighted by atomic mass is 10.1. The number of imidazole rings is 2. The summed E-state index contributed by atoms with van der Waals surface area (Å²) < 4.78 is 2.13. The third-order valence-electron chi connectivity index (χ3n) is 3.48. The van der Waals surface area contributed by atoms with E-state index in [4.69, 9.17) is 0 Å². The molecule has 0 fully saturated rings. The highest BCUT2D eigenvalue weighted by atomic mass is 15.1. The van der Waals surface area contributed by atoms with Crippen LogP contribution in [0.4, 0.5) is 0 Å². The Labute approximate surface area is 111 Å². The maximum Gasteiger partial charge on any atom is 0.106 e. The SMILES string of the molecule is CNCc1c(-c2ccc3nc[nH]c3c2)nc(C)n1C. The number of nitrogens with zero attached hydrogens (tertiary/aromatic N) is 3. The molecule has 98 valence electrons. The first-order chi connectivity index (χ1) is 9.20. The molecular formula is C14H17N5. The van der Waals surface area contributed by atoms with Crippen molar-refractivity contribution in [2.75, 3.05) is 7.05 Å².